The van der Waals surface area contributed by atoms with E-state index in [0.29, 0.717) is 12.1 Å². The highest BCUT2D eigenvalue weighted by atomic mass is 16.8. The number of esters is 2. The van der Waals surface area contributed by atoms with E-state index < -0.39 is 89.8 Å². The van der Waals surface area contributed by atoms with Crippen molar-refractivity contribution >= 4 is 34.6 Å². The number of fused-ring (bicyclic) bond motifs is 2. The maximum absolute atomic E-state index is 14.0. The summed E-state index contributed by atoms with van der Waals surface area (Å²) in [6.07, 6.45) is -2.72. The molecule has 3 fully saturated rings. The van der Waals surface area contributed by atoms with Gasteiger partial charge in [0.05, 0.1) is 47.1 Å². The van der Waals surface area contributed by atoms with Gasteiger partial charge in [0, 0.05) is 55.0 Å². The number of aliphatic hydroxyl groups is 1. The molecule has 15 heteroatoms. The summed E-state index contributed by atoms with van der Waals surface area (Å²) < 4.78 is 43.4. The molecule has 15 nitrogen and oxygen atoms in total. The number of benzene rings is 1. The average molecular weight is 838 g/mol. The van der Waals surface area contributed by atoms with Crippen LogP contribution < -0.4 is 0 Å². The van der Waals surface area contributed by atoms with E-state index in [-0.39, 0.29) is 31.6 Å². The van der Waals surface area contributed by atoms with Crippen molar-refractivity contribution in [3.8, 4) is 11.8 Å². The Morgan fingerprint density at radius 3 is 2.45 bits per heavy atom. The van der Waals surface area contributed by atoms with Gasteiger partial charge in [0.2, 0.25) is 0 Å². The molecule has 3 saturated heterocycles. The number of aliphatic hydroxyl groups excluding tert-OH is 1. The molecule has 1 aromatic heterocycles. The van der Waals surface area contributed by atoms with Crippen LogP contribution in [0.4, 0.5) is 4.79 Å². The molecule has 0 aliphatic carbocycles. The molecule has 0 saturated carbocycles. The molecule has 4 heterocycles. The van der Waals surface area contributed by atoms with Crippen LogP contribution in [0.3, 0.4) is 0 Å². The molecule has 14 atom stereocenters. The number of oxime groups is 1. The number of hydrogen-bond acceptors (Lipinski definition) is 15. The van der Waals surface area contributed by atoms with Crippen LogP contribution in [0.1, 0.15) is 87.1 Å². The molecule has 2 aromatic rings. The lowest BCUT2D eigenvalue weighted by Crippen LogP contribution is -2.61. The Labute approximate surface area is 353 Å². The van der Waals surface area contributed by atoms with Crippen LogP contribution >= 0.6 is 0 Å². The second-order valence-corrected chi connectivity index (χ2v) is 17.2. The topological polar surface area (TPSA) is 174 Å². The third kappa shape index (κ3) is 10.1. The Bertz CT molecular complexity index is 1930. The molecule has 60 heavy (non-hydrogen) atoms. The molecule has 0 amide bonds. The second-order valence-electron chi connectivity index (χ2n) is 17.2. The number of methoxy groups -OCH3 is 1. The van der Waals surface area contributed by atoms with Crippen LogP contribution in [0.5, 0.6) is 0 Å². The molecule has 1 N–H and O–H groups in total. The molecule has 1 aromatic carbocycles. The molecule has 0 bridgehead atoms. The van der Waals surface area contributed by atoms with Crippen molar-refractivity contribution < 1.29 is 57.5 Å². The maximum Gasteiger partial charge on any atom is 0.509 e. The molecular weight excluding hydrogens is 775 g/mol. The standard InChI is InChI=1S/C45H63N3O12/c1-13-35-45(9)40(59-43(52)60-45)27(4)36(47-54-20-16-18-32-24-46-23-31-17-14-15-19-33(31)32)25(2)22-44(8,53-12)39(28(5)37(50)29(6)41(51)57-35)58-42-38(56-30(7)49)34(48(10)11)21-26(3)55-42/h14-15,17,19,23-29,34-35,37-40,42,50H,13,20-22H2,1-12H3/b47-36+/t25-,26-,27+,28+,29-,34+,35-,37+,38-,39-,40-,42+,44-,45-/m1/s1. The largest absolute Gasteiger partial charge is 0.509 e. The van der Waals surface area contributed by atoms with Crippen LogP contribution in [0.25, 0.3) is 10.8 Å². The van der Waals surface area contributed by atoms with Gasteiger partial charge in [-0.1, -0.05) is 69.0 Å². The number of carbonyl (C=O) groups is 3. The number of nitrogens with zero attached hydrogens (tertiary/aromatic N) is 3. The van der Waals surface area contributed by atoms with Crippen molar-refractivity contribution in [2.75, 3.05) is 27.8 Å². The predicted molar refractivity (Wildman–Crippen MR) is 221 cm³/mol. The highest BCUT2D eigenvalue weighted by molar-refractivity contribution is 5.89. The summed E-state index contributed by atoms with van der Waals surface area (Å²) >= 11 is 0. The monoisotopic (exact) mass is 837 g/mol. The Kier molecular flexibility index (Phi) is 15.3. The number of carbonyl (C=O) groups excluding carboxylic acids is 3. The molecule has 3 aliphatic rings. The van der Waals surface area contributed by atoms with E-state index in [2.05, 4.69) is 22.0 Å². The van der Waals surface area contributed by atoms with E-state index in [1.165, 1.54) is 6.92 Å². The lowest BCUT2D eigenvalue weighted by atomic mass is 9.73. The first-order valence-electron chi connectivity index (χ1n) is 20.8. The molecular formula is C45H63N3O12. The van der Waals surface area contributed by atoms with Crippen LogP contribution in [0, 0.1) is 35.5 Å². The Hall–Kier alpha value is -4.33. The first-order chi connectivity index (χ1) is 28.3. The molecule has 3 aliphatic heterocycles. The van der Waals surface area contributed by atoms with E-state index >= 15 is 0 Å². The SMILES string of the molecule is CC[C@H]1OC(=O)[C@H](C)[C@@H](O)[C@H](C)[C@@H](O[C@@H]2O[C@H](C)C[C@H](N(C)C)[C@H]2OC(C)=O)[C@](C)(OC)C[C@@H](C)/C(=N\OCC#Cc2cncc3ccccc23)[C@H](C)[C@H]2OC(=O)O[C@@]21C. The van der Waals surface area contributed by atoms with Crippen LogP contribution in [0.15, 0.2) is 41.8 Å². The molecule has 5 rings (SSSR count). The summed E-state index contributed by atoms with van der Waals surface area (Å²) in [7, 11) is 5.34. The quantitative estimate of drug-likeness (QED) is 0.113. The van der Waals surface area contributed by atoms with Crippen molar-refractivity contribution in [2.24, 2.45) is 28.8 Å². The fraction of sp³-hybridized carbons (Fsp3) is 0.667. The first kappa shape index (κ1) is 46.7. The van der Waals surface area contributed by atoms with E-state index in [1.807, 2.05) is 77.9 Å². The summed E-state index contributed by atoms with van der Waals surface area (Å²) in [6.45, 7) is 15.7. The normalized spacial score (nSPS) is 37.2. The van der Waals surface area contributed by atoms with Crippen molar-refractivity contribution in [3.05, 3.63) is 42.2 Å². The number of cyclic esters (lactones) is 1. The fourth-order valence-corrected chi connectivity index (χ4v) is 9.17. The van der Waals surface area contributed by atoms with Crippen molar-refractivity contribution in [3.63, 3.8) is 0 Å². The first-order valence-corrected chi connectivity index (χ1v) is 20.8. The third-order valence-corrected chi connectivity index (χ3v) is 12.5. The average Bonchev–Trinajstić information content (AvgIpc) is 3.53. The van der Waals surface area contributed by atoms with Crippen molar-refractivity contribution in [1.29, 1.82) is 0 Å². The lowest BCUT2D eigenvalue weighted by Gasteiger charge is -2.48. The summed E-state index contributed by atoms with van der Waals surface area (Å²) in [4.78, 5) is 51.7. The Balaban J connectivity index is 1.58. The zero-order valence-corrected chi connectivity index (χ0v) is 37.0. The minimum absolute atomic E-state index is 0.0737. The van der Waals surface area contributed by atoms with E-state index in [1.54, 1.807) is 40.3 Å². The van der Waals surface area contributed by atoms with Gasteiger partial charge in [0.25, 0.3) is 0 Å². The van der Waals surface area contributed by atoms with Gasteiger partial charge in [0.1, 0.15) is 6.10 Å². The van der Waals surface area contributed by atoms with Gasteiger partial charge in [-0.3, -0.25) is 14.6 Å². The van der Waals surface area contributed by atoms with Gasteiger partial charge in [-0.05, 0) is 61.1 Å². The Morgan fingerprint density at radius 2 is 1.78 bits per heavy atom. The fourth-order valence-electron chi connectivity index (χ4n) is 9.17. The lowest BCUT2D eigenvalue weighted by molar-refractivity contribution is -0.303. The Morgan fingerprint density at radius 1 is 1.07 bits per heavy atom. The van der Waals surface area contributed by atoms with Gasteiger partial charge >= 0.3 is 18.1 Å². The van der Waals surface area contributed by atoms with Crippen molar-refractivity contribution in [2.45, 2.75) is 142 Å². The van der Waals surface area contributed by atoms with Gasteiger partial charge in [0.15, 0.2) is 30.7 Å². The van der Waals surface area contributed by atoms with Crippen molar-refractivity contribution in [1.82, 2.24) is 9.88 Å². The van der Waals surface area contributed by atoms with Gasteiger partial charge in [-0.25, -0.2) is 4.79 Å². The minimum Gasteiger partial charge on any atom is -0.458 e. The number of aromatic nitrogens is 1. The maximum atomic E-state index is 14.0. The zero-order valence-electron chi connectivity index (χ0n) is 37.0. The smallest absolute Gasteiger partial charge is 0.458 e. The van der Waals surface area contributed by atoms with Gasteiger partial charge in [-0.15, -0.1) is 0 Å². The number of hydrogen-bond donors (Lipinski definition) is 1. The zero-order chi connectivity index (χ0) is 44.1. The van der Waals surface area contributed by atoms with Crippen LogP contribution in [-0.4, -0.2) is 127 Å². The van der Waals surface area contributed by atoms with E-state index in [0.717, 1.165) is 16.3 Å². The number of rotatable bonds is 8. The highest BCUT2D eigenvalue weighted by Gasteiger charge is 2.59. The van der Waals surface area contributed by atoms with Gasteiger partial charge in [-0.2, -0.15) is 0 Å². The number of pyridine rings is 1. The summed E-state index contributed by atoms with van der Waals surface area (Å²) in [5, 5.41) is 18.6. The summed E-state index contributed by atoms with van der Waals surface area (Å²) in [5.74, 6) is 2.05. The molecule has 0 radical (unpaired) electrons. The number of ether oxygens (including phenoxy) is 7. The molecule has 330 valence electrons. The van der Waals surface area contributed by atoms with E-state index in [9.17, 15) is 19.5 Å². The third-order valence-electron chi connectivity index (χ3n) is 12.5. The summed E-state index contributed by atoms with van der Waals surface area (Å²) in [5.41, 5.74) is -1.41. The highest BCUT2D eigenvalue weighted by Crippen LogP contribution is 2.43. The minimum atomic E-state index is -1.43. The predicted octanol–water partition coefficient (Wildman–Crippen LogP) is 5.67. The second kappa shape index (κ2) is 19.6. The molecule has 0 spiro atoms. The van der Waals surface area contributed by atoms with Gasteiger partial charge < -0.3 is 48.0 Å². The molecule has 0 unspecified atom stereocenters. The van der Waals surface area contributed by atoms with Crippen LogP contribution in [-0.2, 0) is 47.6 Å². The van der Waals surface area contributed by atoms with E-state index in [4.69, 9.17) is 38.0 Å². The summed E-state index contributed by atoms with van der Waals surface area (Å²) in [6, 6.07) is 7.57. The number of likely N-dealkylation sites (N-methyl/N-ethyl adjacent to an activating group) is 1. The van der Waals surface area contributed by atoms with Crippen LogP contribution in [0.2, 0.25) is 0 Å².